The molecule has 2 N–H and O–H groups in total. The van der Waals surface area contributed by atoms with Gasteiger partial charge in [0.2, 0.25) is 0 Å². The molecule has 0 fully saturated rings. The van der Waals surface area contributed by atoms with Gasteiger partial charge in [0.25, 0.3) is 0 Å². The van der Waals surface area contributed by atoms with E-state index in [4.69, 9.17) is 10.5 Å². The van der Waals surface area contributed by atoms with E-state index in [1.807, 2.05) is 0 Å². The SMILES string of the molecule is CCCCCCCCCCCC(=O)OC(CCN)CCCCCCC. The minimum atomic E-state index is -0.0186. The third-order valence-electron chi connectivity index (χ3n) is 4.90. The first-order chi connectivity index (χ1) is 12.2. The Labute approximate surface area is 157 Å². The molecule has 0 aromatic carbocycles. The number of nitrogens with two attached hydrogens (primary N) is 1. The van der Waals surface area contributed by atoms with E-state index in [1.54, 1.807) is 0 Å². The summed E-state index contributed by atoms with van der Waals surface area (Å²) in [5.74, 6) is -0.0186. The Balaban J connectivity index is 3.60. The highest BCUT2D eigenvalue weighted by atomic mass is 16.5. The molecule has 0 bridgehead atoms. The van der Waals surface area contributed by atoms with Gasteiger partial charge in [-0.2, -0.15) is 0 Å². The summed E-state index contributed by atoms with van der Waals surface area (Å²) < 4.78 is 5.65. The molecular weight excluding hydrogens is 310 g/mol. The molecule has 0 rings (SSSR count). The smallest absolute Gasteiger partial charge is 0.306 e. The maximum atomic E-state index is 12.0. The predicted octanol–water partition coefficient (Wildman–Crippen LogP) is 6.53. The zero-order valence-corrected chi connectivity index (χ0v) is 17.2. The lowest BCUT2D eigenvalue weighted by Gasteiger charge is -2.17. The number of carbonyl (C=O) groups is 1. The van der Waals surface area contributed by atoms with Crippen molar-refractivity contribution in [3.05, 3.63) is 0 Å². The molecular formula is C22H45NO2. The molecule has 0 aliphatic heterocycles. The summed E-state index contributed by atoms with van der Waals surface area (Å²) in [5, 5.41) is 0. The fraction of sp³-hybridized carbons (Fsp3) is 0.955. The predicted molar refractivity (Wildman–Crippen MR) is 109 cm³/mol. The van der Waals surface area contributed by atoms with E-state index in [0.29, 0.717) is 13.0 Å². The fourth-order valence-electron chi connectivity index (χ4n) is 3.25. The van der Waals surface area contributed by atoms with E-state index in [1.165, 1.54) is 70.6 Å². The van der Waals surface area contributed by atoms with Crippen LogP contribution < -0.4 is 5.73 Å². The average molecular weight is 356 g/mol. The molecule has 0 saturated heterocycles. The molecule has 0 aromatic heterocycles. The van der Waals surface area contributed by atoms with Gasteiger partial charge in [-0.3, -0.25) is 4.79 Å². The molecule has 0 aliphatic carbocycles. The Bertz CT molecular complexity index is 281. The van der Waals surface area contributed by atoms with Crippen LogP contribution >= 0.6 is 0 Å². The van der Waals surface area contributed by atoms with E-state index in [0.717, 1.165) is 32.1 Å². The molecule has 1 atom stereocenters. The summed E-state index contributed by atoms with van der Waals surface area (Å²) in [7, 11) is 0. The molecule has 3 nitrogen and oxygen atoms in total. The van der Waals surface area contributed by atoms with E-state index < -0.39 is 0 Å². The third kappa shape index (κ3) is 18.0. The number of unbranched alkanes of at least 4 members (excludes halogenated alkanes) is 12. The molecule has 0 saturated carbocycles. The lowest BCUT2D eigenvalue weighted by Crippen LogP contribution is -2.21. The lowest BCUT2D eigenvalue weighted by molar-refractivity contribution is -0.149. The summed E-state index contributed by atoms with van der Waals surface area (Å²) in [6.07, 6.45) is 20.1. The topological polar surface area (TPSA) is 52.3 Å². The molecule has 0 heterocycles. The molecule has 0 aromatic rings. The van der Waals surface area contributed by atoms with Crippen molar-refractivity contribution < 1.29 is 9.53 Å². The van der Waals surface area contributed by atoms with Crippen LogP contribution in [0.3, 0.4) is 0 Å². The van der Waals surface area contributed by atoms with Crippen molar-refractivity contribution in [2.45, 2.75) is 129 Å². The third-order valence-corrected chi connectivity index (χ3v) is 4.90. The van der Waals surface area contributed by atoms with Crippen molar-refractivity contribution in [2.75, 3.05) is 6.54 Å². The first-order valence-corrected chi connectivity index (χ1v) is 11.1. The molecule has 1 unspecified atom stereocenters. The molecule has 0 aliphatic rings. The van der Waals surface area contributed by atoms with Gasteiger partial charge in [-0.15, -0.1) is 0 Å². The van der Waals surface area contributed by atoms with E-state index in [2.05, 4.69) is 13.8 Å². The first kappa shape index (κ1) is 24.4. The number of ether oxygens (including phenoxy) is 1. The van der Waals surface area contributed by atoms with Crippen LogP contribution in [-0.2, 0) is 9.53 Å². The molecule has 25 heavy (non-hydrogen) atoms. The van der Waals surface area contributed by atoms with Crippen LogP contribution in [0, 0.1) is 0 Å². The standard InChI is InChI=1S/C22H45NO2/c1-3-5-7-9-10-11-12-14-16-18-22(24)25-21(19-20-23)17-15-13-8-6-4-2/h21H,3-20,23H2,1-2H3. The Hall–Kier alpha value is -0.570. The summed E-state index contributed by atoms with van der Waals surface area (Å²) >= 11 is 0. The Morgan fingerprint density at radius 3 is 1.72 bits per heavy atom. The van der Waals surface area contributed by atoms with Gasteiger partial charge in [0.1, 0.15) is 6.10 Å². The van der Waals surface area contributed by atoms with Gasteiger partial charge in [-0.1, -0.05) is 90.9 Å². The minimum absolute atomic E-state index is 0.0186. The number of rotatable bonds is 19. The highest BCUT2D eigenvalue weighted by Gasteiger charge is 2.13. The largest absolute Gasteiger partial charge is 0.462 e. The van der Waals surface area contributed by atoms with Crippen molar-refractivity contribution in [2.24, 2.45) is 5.73 Å². The van der Waals surface area contributed by atoms with Crippen LogP contribution in [0.2, 0.25) is 0 Å². The van der Waals surface area contributed by atoms with Crippen molar-refractivity contribution in [3.8, 4) is 0 Å². The fourth-order valence-corrected chi connectivity index (χ4v) is 3.25. The molecule has 0 spiro atoms. The maximum Gasteiger partial charge on any atom is 0.306 e. The Morgan fingerprint density at radius 2 is 1.20 bits per heavy atom. The van der Waals surface area contributed by atoms with Gasteiger partial charge in [0, 0.05) is 6.42 Å². The highest BCUT2D eigenvalue weighted by Crippen LogP contribution is 2.14. The van der Waals surface area contributed by atoms with Crippen LogP contribution in [0.4, 0.5) is 0 Å². The summed E-state index contributed by atoms with van der Waals surface area (Å²) in [4.78, 5) is 12.0. The summed E-state index contributed by atoms with van der Waals surface area (Å²) in [6, 6.07) is 0. The second-order valence-electron chi connectivity index (χ2n) is 7.47. The van der Waals surface area contributed by atoms with Gasteiger partial charge in [-0.05, 0) is 32.2 Å². The van der Waals surface area contributed by atoms with Crippen molar-refractivity contribution in [1.29, 1.82) is 0 Å². The Kier molecular flexibility index (Phi) is 19.3. The van der Waals surface area contributed by atoms with Crippen LogP contribution in [0.15, 0.2) is 0 Å². The second kappa shape index (κ2) is 19.8. The first-order valence-electron chi connectivity index (χ1n) is 11.1. The summed E-state index contributed by atoms with van der Waals surface area (Å²) in [6.45, 7) is 5.08. The van der Waals surface area contributed by atoms with Crippen molar-refractivity contribution in [3.63, 3.8) is 0 Å². The van der Waals surface area contributed by atoms with E-state index in [9.17, 15) is 4.79 Å². The van der Waals surface area contributed by atoms with Crippen molar-refractivity contribution in [1.82, 2.24) is 0 Å². The average Bonchev–Trinajstić information content (AvgIpc) is 2.60. The van der Waals surface area contributed by atoms with Gasteiger partial charge in [0.05, 0.1) is 0 Å². The van der Waals surface area contributed by atoms with E-state index >= 15 is 0 Å². The maximum absolute atomic E-state index is 12.0. The molecule has 0 radical (unpaired) electrons. The van der Waals surface area contributed by atoms with Gasteiger partial charge < -0.3 is 10.5 Å². The molecule has 0 amide bonds. The van der Waals surface area contributed by atoms with Crippen molar-refractivity contribution >= 4 is 5.97 Å². The Morgan fingerprint density at radius 1 is 0.720 bits per heavy atom. The molecule has 3 heteroatoms. The van der Waals surface area contributed by atoms with Gasteiger partial charge >= 0.3 is 5.97 Å². The van der Waals surface area contributed by atoms with Crippen LogP contribution in [0.5, 0.6) is 0 Å². The monoisotopic (exact) mass is 355 g/mol. The highest BCUT2D eigenvalue weighted by molar-refractivity contribution is 5.69. The second-order valence-corrected chi connectivity index (χ2v) is 7.47. The normalized spacial score (nSPS) is 12.3. The summed E-state index contributed by atoms with van der Waals surface area (Å²) in [5.41, 5.74) is 5.66. The quantitative estimate of drug-likeness (QED) is 0.212. The number of hydrogen-bond acceptors (Lipinski definition) is 3. The number of hydrogen-bond donors (Lipinski definition) is 1. The zero-order chi connectivity index (χ0) is 18.6. The van der Waals surface area contributed by atoms with Crippen LogP contribution in [-0.4, -0.2) is 18.6 Å². The lowest BCUT2D eigenvalue weighted by atomic mass is 10.1. The van der Waals surface area contributed by atoms with Gasteiger partial charge in [0.15, 0.2) is 0 Å². The minimum Gasteiger partial charge on any atom is -0.462 e. The molecule has 150 valence electrons. The van der Waals surface area contributed by atoms with Crippen LogP contribution in [0.25, 0.3) is 0 Å². The van der Waals surface area contributed by atoms with Crippen LogP contribution in [0.1, 0.15) is 123 Å². The number of carbonyl (C=O) groups excluding carboxylic acids is 1. The van der Waals surface area contributed by atoms with E-state index in [-0.39, 0.29) is 12.1 Å². The van der Waals surface area contributed by atoms with Gasteiger partial charge in [-0.25, -0.2) is 0 Å². The number of esters is 1. The zero-order valence-electron chi connectivity index (χ0n) is 17.2.